The van der Waals surface area contributed by atoms with Crippen LogP contribution in [0.15, 0.2) is 33.7 Å². The van der Waals surface area contributed by atoms with Crippen molar-refractivity contribution >= 4 is 11.8 Å². The Bertz CT molecular complexity index is 575. The summed E-state index contributed by atoms with van der Waals surface area (Å²) in [5, 5.41) is 4.06. The third kappa shape index (κ3) is 2.88. The topological polar surface area (TPSA) is 64.9 Å². The predicted molar refractivity (Wildman–Crippen MR) is 80.6 cm³/mol. The lowest BCUT2D eigenvalue weighted by Crippen LogP contribution is -2.48. The second-order valence-electron chi connectivity index (χ2n) is 5.36. The first-order valence-corrected chi connectivity index (χ1v) is 8.02. The SMILES string of the molecule is CCSc1ccc(-c2noc(CC3(N)CCC3)n2)cc1. The minimum absolute atomic E-state index is 0.120. The minimum Gasteiger partial charge on any atom is -0.339 e. The second-order valence-corrected chi connectivity index (χ2v) is 6.70. The Morgan fingerprint density at radius 1 is 1.30 bits per heavy atom. The molecule has 106 valence electrons. The normalized spacial score (nSPS) is 16.9. The Morgan fingerprint density at radius 2 is 2.05 bits per heavy atom. The molecular weight excluding hydrogens is 270 g/mol. The van der Waals surface area contributed by atoms with Crippen LogP contribution >= 0.6 is 11.8 Å². The number of nitrogens with two attached hydrogens (primary N) is 1. The maximum Gasteiger partial charge on any atom is 0.228 e. The number of nitrogens with zero attached hydrogens (tertiary/aromatic N) is 2. The van der Waals surface area contributed by atoms with Gasteiger partial charge in [-0.15, -0.1) is 11.8 Å². The molecule has 2 N–H and O–H groups in total. The predicted octanol–water partition coefficient (Wildman–Crippen LogP) is 3.27. The van der Waals surface area contributed by atoms with Crippen LogP contribution in [0.1, 0.15) is 32.1 Å². The number of hydrogen-bond donors (Lipinski definition) is 1. The zero-order chi connectivity index (χ0) is 14.0. The summed E-state index contributed by atoms with van der Waals surface area (Å²) in [6.07, 6.45) is 3.99. The molecule has 0 spiro atoms. The van der Waals surface area contributed by atoms with Crippen LogP contribution in [0.2, 0.25) is 0 Å². The molecule has 1 fully saturated rings. The standard InChI is InChI=1S/C15H19N3OS/c1-2-20-12-6-4-11(5-7-12)14-17-13(19-18-14)10-15(16)8-3-9-15/h4-7H,2-3,8-10,16H2,1H3. The van der Waals surface area contributed by atoms with Crippen LogP contribution in [0.3, 0.4) is 0 Å². The van der Waals surface area contributed by atoms with Crippen molar-refractivity contribution in [2.45, 2.75) is 43.0 Å². The molecule has 5 heteroatoms. The van der Waals surface area contributed by atoms with E-state index in [1.165, 1.54) is 11.3 Å². The molecule has 0 atom stereocenters. The maximum atomic E-state index is 6.21. The summed E-state index contributed by atoms with van der Waals surface area (Å²) < 4.78 is 5.32. The van der Waals surface area contributed by atoms with Crippen LogP contribution in [0.5, 0.6) is 0 Å². The summed E-state index contributed by atoms with van der Waals surface area (Å²) in [4.78, 5) is 5.72. The van der Waals surface area contributed by atoms with Crippen molar-refractivity contribution in [2.75, 3.05) is 5.75 Å². The van der Waals surface area contributed by atoms with E-state index >= 15 is 0 Å². The number of benzene rings is 1. The van der Waals surface area contributed by atoms with Crippen LogP contribution in [-0.4, -0.2) is 21.4 Å². The van der Waals surface area contributed by atoms with Gasteiger partial charge in [0.1, 0.15) is 0 Å². The molecule has 0 bridgehead atoms. The second kappa shape index (κ2) is 5.58. The lowest BCUT2D eigenvalue weighted by atomic mass is 9.75. The molecule has 1 aromatic carbocycles. The first-order valence-electron chi connectivity index (χ1n) is 7.03. The molecular formula is C15H19N3OS. The molecule has 1 saturated carbocycles. The maximum absolute atomic E-state index is 6.21. The van der Waals surface area contributed by atoms with Gasteiger partial charge in [0.25, 0.3) is 0 Å². The first kappa shape index (κ1) is 13.6. The summed E-state index contributed by atoms with van der Waals surface area (Å²) in [7, 11) is 0. The van der Waals surface area contributed by atoms with Gasteiger partial charge in [-0.1, -0.05) is 12.1 Å². The molecule has 1 aliphatic rings. The molecule has 0 unspecified atom stereocenters. The molecule has 0 amide bonds. The van der Waals surface area contributed by atoms with Crippen LogP contribution in [0.25, 0.3) is 11.4 Å². The van der Waals surface area contributed by atoms with Gasteiger partial charge in [0, 0.05) is 22.4 Å². The largest absolute Gasteiger partial charge is 0.339 e. The fourth-order valence-corrected chi connectivity index (χ4v) is 3.08. The fourth-order valence-electron chi connectivity index (χ4n) is 2.42. The Labute approximate surface area is 123 Å². The lowest BCUT2D eigenvalue weighted by Gasteiger charge is -2.36. The third-order valence-electron chi connectivity index (χ3n) is 3.74. The third-order valence-corrected chi connectivity index (χ3v) is 4.64. The van der Waals surface area contributed by atoms with Gasteiger partial charge in [-0.25, -0.2) is 0 Å². The van der Waals surface area contributed by atoms with E-state index < -0.39 is 0 Å². The summed E-state index contributed by atoms with van der Waals surface area (Å²) in [6.45, 7) is 2.15. The molecule has 4 nitrogen and oxygen atoms in total. The lowest BCUT2D eigenvalue weighted by molar-refractivity contribution is 0.222. The Morgan fingerprint density at radius 3 is 2.65 bits per heavy atom. The van der Waals surface area contributed by atoms with Crippen LogP contribution in [0.4, 0.5) is 0 Å². The van der Waals surface area contributed by atoms with Gasteiger partial charge < -0.3 is 10.3 Å². The summed E-state index contributed by atoms with van der Waals surface area (Å²) in [5.41, 5.74) is 7.07. The molecule has 0 saturated heterocycles. The molecule has 0 radical (unpaired) electrons. The van der Waals surface area contributed by atoms with E-state index in [2.05, 4.69) is 29.2 Å². The number of rotatable bonds is 5. The van der Waals surface area contributed by atoms with Gasteiger partial charge in [0.15, 0.2) is 0 Å². The minimum atomic E-state index is -0.120. The number of aromatic nitrogens is 2. The van der Waals surface area contributed by atoms with Crippen molar-refractivity contribution in [1.29, 1.82) is 0 Å². The zero-order valence-corrected chi connectivity index (χ0v) is 12.4. The van der Waals surface area contributed by atoms with Crippen molar-refractivity contribution in [3.05, 3.63) is 30.2 Å². The van der Waals surface area contributed by atoms with Crippen LogP contribution < -0.4 is 5.73 Å². The Kier molecular flexibility index (Phi) is 3.81. The van der Waals surface area contributed by atoms with Crippen LogP contribution in [0, 0.1) is 0 Å². The van der Waals surface area contributed by atoms with Gasteiger partial charge >= 0.3 is 0 Å². The molecule has 20 heavy (non-hydrogen) atoms. The zero-order valence-electron chi connectivity index (χ0n) is 11.6. The average Bonchev–Trinajstić information content (AvgIpc) is 2.87. The van der Waals surface area contributed by atoms with E-state index in [0.29, 0.717) is 18.1 Å². The van der Waals surface area contributed by atoms with Gasteiger partial charge in [-0.05, 0) is 49.3 Å². The monoisotopic (exact) mass is 289 g/mol. The summed E-state index contributed by atoms with van der Waals surface area (Å²) in [5.74, 6) is 2.37. The molecule has 1 aromatic heterocycles. The quantitative estimate of drug-likeness (QED) is 0.856. The molecule has 1 aliphatic carbocycles. The van der Waals surface area contributed by atoms with Crippen molar-refractivity contribution in [2.24, 2.45) is 5.73 Å². The number of hydrogen-bond acceptors (Lipinski definition) is 5. The van der Waals surface area contributed by atoms with E-state index in [1.807, 2.05) is 23.9 Å². The van der Waals surface area contributed by atoms with E-state index in [-0.39, 0.29) is 5.54 Å². The number of thioether (sulfide) groups is 1. The van der Waals surface area contributed by atoms with E-state index in [1.54, 1.807) is 0 Å². The van der Waals surface area contributed by atoms with Crippen LogP contribution in [-0.2, 0) is 6.42 Å². The van der Waals surface area contributed by atoms with E-state index in [4.69, 9.17) is 10.3 Å². The van der Waals surface area contributed by atoms with Gasteiger partial charge in [-0.3, -0.25) is 0 Å². The highest BCUT2D eigenvalue weighted by Gasteiger charge is 2.34. The van der Waals surface area contributed by atoms with Gasteiger partial charge in [0.05, 0.1) is 0 Å². The molecule has 1 heterocycles. The Hall–Kier alpha value is -1.33. The van der Waals surface area contributed by atoms with Crippen molar-refractivity contribution in [3.8, 4) is 11.4 Å². The van der Waals surface area contributed by atoms with Crippen molar-refractivity contribution < 1.29 is 4.52 Å². The highest BCUT2D eigenvalue weighted by atomic mass is 32.2. The Balaban J connectivity index is 1.72. The molecule has 0 aliphatic heterocycles. The fraction of sp³-hybridized carbons (Fsp3) is 0.467. The van der Waals surface area contributed by atoms with Crippen molar-refractivity contribution in [3.63, 3.8) is 0 Å². The van der Waals surface area contributed by atoms with Crippen molar-refractivity contribution in [1.82, 2.24) is 10.1 Å². The molecule has 2 aromatic rings. The van der Waals surface area contributed by atoms with Gasteiger partial charge in [-0.2, -0.15) is 4.98 Å². The summed E-state index contributed by atoms with van der Waals surface area (Å²) in [6, 6.07) is 8.26. The van der Waals surface area contributed by atoms with E-state index in [9.17, 15) is 0 Å². The first-order chi connectivity index (χ1) is 9.68. The van der Waals surface area contributed by atoms with E-state index in [0.717, 1.165) is 24.2 Å². The molecule has 3 rings (SSSR count). The average molecular weight is 289 g/mol. The highest BCUT2D eigenvalue weighted by molar-refractivity contribution is 7.99. The smallest absolute Gasteiger partial charge is 0.228 e. The van der Waals surface area contributed by atoms with Gasteiger partial charge in [0.2, 0.25) is 11.7 Å². The highest BCUT2D eigenvalue weighted by Crippen LogP contribution is 2.32. The summed E-state index contributed by atoms with van der Waals surface area (Å²) >= 11 is 1.82.